The molecule has 29 heavy (non-hydrogen) atoms. The maximum absolute atomic E-state index is 14.3. The van der Waals surface area contributed by atoms with Crippen molar-refractivity contribution in [3.8, 4) is 23.0 Å². The van der Waals surface area contributed by atoms with E-state index in [4.69, 9.17) is 5.26 Å². The van der Waals surface area contributed by atoms with Gasteiger partial charge >= 0.3 is 6.18 Å². The van der Waals surface area contributed by atoms with E-state index in [1.54, 1.807) is 0 Å². The minimum absolute atomic E-state index is 0.139. The number of alkyl halides is 3. The molecule has 0 aliphatic rings. The minimum Gasteiger partial charge on any atom is -0.232 e. The summed E-state index contributed by atoms with van der Waals surface area (Å²) >= 11 is 0. The molecule has 150 valence electrons. The molecule has 0 fully saturated rings. The lowest BCUT2D eigenvalue weighted by atomic mass is 10.1. The lowest BCUT2D eigenvalue weighted by Crippen LogP contribution is -2.10. The van der Waals surface area contributed by atoms with Gasteiger partial charge in [0.25, 0.3) is 0 Å². The van der Waals surface area contributed by atoms with Crippen molar-refractivity contribution in [1.29, 1.82) is 5.26 Å². The van der Waals surface area contributed by atoms with E-state index in [0.29, 0.717) is 29.1 Å². The van der Waals surface area contributed by atoms with Gasteiger partial charge in [-0.3, -0.25) is 0 Å². The molecule has 0 saturated carbocycles. The number of rotatable bonds is 3. The van der Waals surface area contributed by atoms with Gasteiger partial charge in [0.05, 0.1) is 23.0 Å². The minimum atomic E-state index is -4.85. The quantitative estimate of drug-likeness (QED) is 0.590. The standard InChI is InChI=1S/C18H10F5N3O2S/c1-29(27,28)17-13(19)6-12(7-14(17)20)26-15(8-16(25-26)18(21,22)23)11-4-2-3-10(5-11)9-24/h2-8H,1H3. The maximum atomic E-state index is 14.3. The monoisotopic (exact) mass is 427 g/mol. The Kier molecular flexibility index (Phi) is 4.92. The zero-order valence-electron chi connectivity index (χ0n) is 14.5. The summed E-state index contributed by atoms with van der Waals surface area (Å²) in [5.41, 5.74) is -1.70. The normalized spacial score (nSPS) is 12.0. The lowest BCUT2D eigenvalue weighted by molar-refractivity contribution is -0.141. The van der Waals surface area contributed by atoms with Crippen LogP contribution >= 0.6 is 0 Å². The van der Waals surface area contributed by atoms with Crippen molar-refractivity contribution in [3.05, 3.63) is 65.4 Å². The van der Waals surface area contributed by atoms with Gasteiger partial charge in [0.1, 0.15) is 16.5 Å². The van der Waals surface area contributed by atoms with Gasteiger partial charge in [0, 0.05) is 24.0 Å². The van der Waals surface area contributed by atoms with Crippen LogP contribution in [-0.2, 0) is 16.0 Å². The fourth-order valence-electron chi connectivity index (χ4n) is 2.69. The van der Waals surface area contributed by atoms with E-state index in [1.807, 2.05) is 6.07 Å². The van der Waals surface area contributed by atoms with Gasteiger partial charge < -0.3 is 0 Å². The van der Waals surface area contributed by atoms with Gasteiger partial charge in [-0.25, -0.2) is 21.9 Å². The van der Waals surface area contributed by atoms with Gasteiger partial charge in [-0.1, -0.05) is 12.1 Å². The number of benzene rings is 2. The predicted molar refractivity (Wildman–Crippen MR) is 91.7 cm³/mol. The van der Waals surface area contributed by atoms with Crippen LogP contribution < -0.4 is 0 Å². The smallest absolute Gasteiger partial charge is 0.232 e. The Bertz CT molecular complexity index is 1230. The molecule has 1 aromatic heterocycles. The van der Waals surface area contributed by atoms with Crippen molar-refractivity contribution in [1.82, 2.24) is 9.78 Å². The average Bonchev–Trinajstić information content (AvgIpc) is 3.05. The molecular weight excluding hydrogens is 417 g/mol. The first-order valence-electron chi connectivity index (χ1n) is 7.79. The first-order valence-corrected chi connectivity index (χ1v) is 9.68. The van der Waals surface area contributed by atoms with Crippen LogP contribution in [0.1, 0.15) is 11.3 Å². The van der Waals surface area contributed by atoms with Gasteiger partial charge in [-0.15, -0.1) is 0 Å². The predicted octanol–water partition coefficient (Wildman–Crippen LogP) is 4.11. The summed E-state index contributed by atoms with van der Waals surface area (Å²) < 4.78 is 91.8. The third kappa shape index (κ3) is 3.97. The third-order valence-electron chi connectivity index (χ3n) is 3.89. The fourth-order valence-corrected chi connectivity index (χ4v) is 3.52. The van der Waals surface area contributed by atoms with E-state index in [1.165, 1.54) is 24.3 Å². The molecule has 0 aliphatic carbocycles. The van der Waals surface area contributed by atoms with Gasteiger partial charge in [0.15, 0.2) is 15.5 Å². The Morgan fingerprint density at radius 3 is 2.21 bits per heavy atom. The molecule has 0 spiro atoms. The molecule has 0 amide bonds. The lowest BCUT2D eigenvalue weighted by Gasteiger charge is -2.10. The molecular formula is C18H10F5N3O2S. The zero-order chi connectivity index (χ0) is 21.6. The second kappa shape index (κ2) is 6.97. The van der Waals surface area contributed by atoms with Crippen molar-refractivity contribution >= 4 is 9.84 Å². The van der Waals surface area contributed by atoms with Crippen LogP contribution in [0.15, 0.2) is 47.4 Å². The second-order valence-corrected chi connectivity index (χ2v) is 7.98. The molecule has 0 unspecified atom stereocenters. The number of nitriles is 1. The van der Waals surface area contributed by atoms with Crippen LogP contribution in [0.25, 0.3) is 16.9 Å². The van der Waals surface area contributed by atoms with E-state index >= 15 is 0 Å². The van der Waals surface area contributed by atoms with Crippen molar-refractivity contribution < 1.29 is 30.4 Å². The first-order chi connectivity index (χ1) is 13.4. The molecule has 2 aromatic carbocycles. The average molecular weight is 427 g/mol. The SMILES string of the molecule is CS(=O)(=O)c1c(F)cc(-n2nc(C(F)(F)F)cc2-c2cccc(C#N)c2)cc1F. The summed E-state index contributed by atoms with van der Waals surface area (Å²) in [6, 6.07) is 9.17. The fraction of sp³-hybridized carbons (Fsp3) is 0.111. The number of aromatic nitrogens is 2. The van der Waals surface area contributed by atoms with Crippen molar-refractivity contribution in [2.24, 2.45) is 0 Å². The molecule has 0 radical (unpaired) electrons. The highest BCUT2D eigenvalue weighted by Crippen LogP contribution is 2.34. The van der Waals surface area contributed by atoms with E-state index in [2.05, 4.69) is 5.10 Å². The Morgan fingerprint density at radius 1 is 1.07 bits per heavy atom. The molecule has 5 nitrogen and oxygen atoms in total. The number of hydrogen-bond donors (Lipinski definition) is 0. The van der Waals surface area contributed by atoms with Crippen LogP contribution in [0.5, 0.6) is 0 Å². The van der Waals surface area contributed by atoms with Crippen LogP contribution in [0.2, 0.25) is 0 Å². The summed E-state index contributed by atoms with van der Waals surface area (Å²) in [5, 5.41) is 12.4. The highest BCUT2D eigenvalue weighted by Gasteiger charge is 2.35. The number of hydrogen-bond acceptors (Lipinski definition) is 4. The first kappa shape index (κ1) is 20.5. The van der Waals surface area contributed by atoms with Crippen molar-refractivity contribution in [2.75, 3.05) is 6.26 Å². The highest BCUT2D eigenvalue weighted by atomic mass is 32.2. The molecule has 3 aromatic rings. The summed E-state index contributed by atoms with van der Waals surface area (Å²) in [7, 11) is -4.25. The third-order valence-corrected chi connectivity index (χ3v) is 5.02. The molecule has 0 aliphatic heterocycles. The van der Waals surface area contributed by atoms with Gasteiger partial charge in [-0.2, -0.15) is 23.5 Å². The van der Waals surface area contributed by atoms with E-state index in [-0.39, 0.29) is 16.8 Å². The van der Waals surface area contributed by atoms with Crippen molar-refractivity contribution in [2.45, 2.75) is 11.1 Å². The Balaban J connectivity index is 2.30. The van der Waals surface area contributed by atoms with Gasteiger partial charge in [-0.05, 0) is 18.2 Å². The zero-order valence-corrected chi connectivity index (χ0v) is 15.3. The number of halogens is 5. The maximum Gasteiger partial charge on any atom is 0.435 e. The summed E-state index contributed by atoms with van der Waals surface area (Å²) in [4.78, 5) is -1.20. The Labute approximate surface area is 161 Å². The Morgan fingerprint density at radius 2 is 1.69 bits per heavy atom. The van der Waals surface area contributed by atoms with Gasteiger partial charge in [0.2, 0.25) is 0 Å². The summed E-state index contributed by atoms with van der Waals surface area (Å²) in [6.07, 6.45) is -4.25. The second-order valence-electron chi connectivity index (χ2n) is 6.03. The molecule has 0 N–H and O–H groups in total. The van der Waals surface area contributed by atoms with Crippen molar-refractivity contribution in [3.63, 3.8) is 0 Å². The summed E-state index contributed by atoms with van der Waals surface area (Å²) in [6.45, 7) is 0. The number of nitrogens with zero attached hydrogens (tertiary/aromatic N) is 3. The summed E-state index contributed by atoms with van der Waals surface area (Å²) in [5.74, 6) is -2.94. The molecule has 0 bridgehead atoms. The molecule has 3 rings (SSSR count). The molecule has 11 heteroatoms. The van der Waals surface area contributed by atoms with Crippen LogP contribution in [0.4, 0.5) is 22.0 Å². The molecule has 1 heterocycles. The largest absolute Gasteiger partial charge is 0.435 e. The van der Waals surface area contributed by atoms with Crippen LogP contribution in [0.3, 0.4) is 0 Å². The number of sulfone groups is 1. The highest BCUT2D eigenvalue weighted by molar-refractivity contribution is 7.90. The van der Waals surface area contributed by atoms with Crippen LogP contribution in [0, 0.1) is 23.0 Å². The van der Waals surface area contributed by atoms with Crippen LogP contribution in [-0.4, -0.2) is 24.5 Å². The Hall–Kier alpha value is -3.26. The topological polar surface area (TPSA) is 75.8 Å². The van der Waals surface area contributed by atoms with E-state index in [0.717, 1.165) is 0 Å². The van der Waals surface area contributed by atoms with E-state index in [9.17, 15) is 30.4 Å². The molecule has 0 saturated heterocycles. The van der Waals surface area contributed by atoms with E-state index < -0.39 is 43.9 Å². The molecule has 0 atom stereocenters.